The van der Waals surface area contributed by atoms with E-state index in [0.717, 1.165) is 0 Å². The maximum absolute atomic E-state index is 10.0. The molecule has 0 saturated heterocycles. The summed E-state index contributed by atoms with van der Waals surface area (Å²) >= 11 is 0. The lowest BCUT2D eigenvalue weighted by molar-refractivity contribution is 0.391. The van der Waals surface area contributed by atoms with E-state index in [2.05, 4.69) is 0 Å². The van der Waals surface area contributed by atoms with E-state index in [-0.39, 0.29) is 22.6 Å². The number of hydrogen-bond donors (Lipinski definition) is 3. The molecule has 0 saturated carbocycles. The molecule has 0 aliphatic rings. The molecule has 19 heavy (non-hydrogen) atoms. The van der Waals surface area contributed by atoms with Crippen molar-refractivity contribution in [1.82, 2.24) is 0 Å². The minimum atomic E-state index is -0.391. The molecule has 0 bridgehead atoms. The Balaban J connectivity index is 2.37. The molecule has 4 nitrogen and oxygen atoms in total. The SMILES string of the molecule is Oc1c(-c2ccccc2)[o+]c2cccc(O)c2c1O. The van der Waals surface area contributed by atoms with Crippen LogP contribution in [-0.4, -0.2) is 15.3 Å². The van der Waals surface area contributed by atoms with Crippen molar-refractivity contribution in [3.05, 3.63) is 48.5 Å². The van der Waals surface area contributed by atoms with E-state index in [1.165, 1.54) is 6.07 Å². The Morgan fingerprint density at radius 1 is 0.737 bits per heavy atom. The Labute approximate surface area is 108 Å². The summed E-state index contributed by atoms with van der Waals surface area (Å²) in [4.78, 5) is 0. The fourth-order valence-corrected chi connectivity index (χ4v) is 2.01. The molecule has 0 atom stereocenters. The number of rotatable bonds is 1. The van der Waals surface area contributed by atoms with E-state index >= 15 is 0 Å². The lowest BCUT2D eigenvalue weighted by Gasteiger charge is -2.01. The second-order valence-electron chi connectivity index (χ2n) is 4.14. The number of phenols is 1. The highest BCUT2D eigenvalue weighted by Crippen LogP contribution is 2.44. The van der Waals surface area contributed by atoms with Crippen LogP contribution in [-0.2, 0) is 0 Å². The number of fused-ring (bicyclic) bond motifs is 1. The zero-order valence-electron chi connectivity index (χ0n) is 9.87. The predicted octanol–water partition coefficient (Wildman–Crippen LogP) is 3.50. The summed E-state index contributed by atoms with van der Waals surface area (Å²) in [5.74, 6) is -0.761. The van der Waals surface area contributed by atoms with Gasteiger partial charge in [-0.15, -0.1) is 0 Å². The summed E-state index contributed by atoms with van der Waals surface area (Å²) in [6, 6.07) is 13.6. The molecule has 0 fully saturated rings. The molecular weight excluding hydrogens is 244 g/mol. The molecule has 4 heteroatoms. The smallest absolute Gasteiger partial charge is 0.405 e. The van der Waals surface area contributed by atoms with Crippen LogP contribution in [0, 0.1) is 0 Å². The average molecular weight is 255 g/mol. The molecular formula is C15H11O4+. The first-order valence-corrected chi connectivity index (χ1v) is 5.73. The summed E-state index contributed by atoms with van der Waals surface area (Å²) in [5, 5.41) is 29.8. The van der Waals surface area contributed by atoms with Gasteiger partial charge in [0.2, 0.25) is 0 Å². The third-order valence-corrected chi connectivity index (χ3v) is 2.93. The zero-order chi connectivity index (χ0) is 13.4. The number of benzene rings is 2. The van der Waals surface area contributed by atoms with Crippen LogP contribution >= 0.6 is 0 Å². The van der Waals surface area contributed by atoms with Gasteiger partial charge in [-0.05, 0) is 24.3 Å². The number of aromatic hydroxyl groups is 3. The summed E-state index contributed by atoms with van der Waals surface area (Å²) < 4.78 is 5.57. The van der Waals surface area contributed by atoms with E-state index < -0.39 is 5.75 Å². The normalized spacial score (nSPS) is 10.7. The predicted molar refractivity (Wildman–Crippen MR) is 71.1 cm³/mol. The van der Waals surface area contributed by atoms with E-state index in [1.807, 2.05) is 6.07 Å². The first-order chi connectivity index (χ1) is 9.18. The van der Waals surface area contributed by atoms with Crippen LogP contribution in [0.4, 0.5) is 0 Å². The van der Waals surface area contributed by atoms with Crippen molar-refractivity contribution in [2.75, 3.05) is 0 Å². The first-order valence-electron chi connectivity index (χ1n) is 5.73. The van der Waals surface area contributed by atoms with Crippen LogP contribution in [0.2, 0.25) is 0 Å². The Hall–Kier alpha value is -2.75. The largest absolute Gasteiger partial charge is 0.507 e. The van der Waals surface area contributed by atoms with E-state index in [4.69, 9.17) is 4.42 Å². The number of phenolic OH excluding ortho intramolecular Hbond substituents is 1. The van der Waals surface area contributed by atoms with Crippen molar-refractivity contribution in [2.45, 2.75) is 0 Å². The highest BCUT2D eigenvalue weighted by atomic mass is 16.4. The van der Waals surface area contributed by atoms with Gasteiger partial charge in [0.05, 0.1) is 5.56 Å². The molecule has 3 rings (SSSR count). The molecule has 1 aromatic heterocycles. The third-order valence-electron chi connectivity index (χ3n) is 2.93. The van der Waals surface area contributed by atoms with Crippen LogP contribution in [0.15, 0.2) is 52.9 Å². The first kappa shape index (κ1) is 11.3. The highest BCUT2D eigenvalue weighted by Gasteiger charge is 2.28. The zero-order valence-corrected chi connectivity index (χ0v) is 9.87. The van der Waals surface area contributed by atoms with Gasteiger partial charge < -0.3 is 15.3 Å². The quantitative estimate of drug-likeness (QED) is 0.582. The molecule has 0 aliphatic heterocycles. The lowest BCUT2D eigenvalue weighted by Crippen LogP contribution is -1.83. The van der Waals surface area contributed by atoms with E-state index in [9.17, 15) is 15.3 Å². The average Bonchev–Trinajstić information content (AvgIpc) is 2.43. The Morgan fingerprint density at radius 3 is 2.21 bits per heavy atom. The molecule has 0 spiro atoms. The second kappa shape index (κ2) is 4.17. The maximum Gasteiger partial charge on any atom is 0.405 e. The Kier molecular flexibility index (Phi) is 2.49. The monoisotopic (exact) mass is 255 g/mol. The number of hydrogen-bond acceptors (Lipinski definition) is 3. The second-order valence-corrected chi connectivity index (χ2v) is 4.14. The van der Waals surface area contributed by atoms with Crippen molar-refractivity contribution < 1.29 is 19.7 Å². The minimum absolute atomic E-state index is 0.0969. The molecule has 0 amide bonds. The summed E-state index contributed by atoms with van der Waals surface area (Å²) in [6.45, 7) is 0. The topological polar surface area (TPSA) is 72.0 Å². The van der Waals surface area contributed by atoms with Gasteiger partial charge in [0.15, 0.2) is 11.1 Å². The van der Waals surface area contributed by atoms with Crippen molar-refractivity contribution in [3.63, 3.8) is 0 Å². The molecule has 1 heterocycles. The molecule has 3 aromatic rings. The summed E-state index contributed by atoms with van der Waals surface area (Å²) in [7, 11) is 0. The van der Waals surface area contributed by atoms with Gasteiger partial charge in [-0.1, -0.05) is 18.2 Å². The lowest BCUT2D eigenvalue weighted by atomic mass is 10.1. The molecule has 0 unspecified atom stereocenters. The Morgan fingerprint density at radius 2 is 1.47 bits per heavy atom. The van der Waals surface area contributed by atoms with Crippen LogP contribution in [0.1, 0.15) is 0 Å². The van der Waals surface area contributed by atoms with Gasteiger partial charge in [-0.3, -0.25) is 0 Å². The van der Waals surface area contributed by atoms with Gasteiger partial charge in [-0.25, -0.2) is 4.42 Å². The van der Waals surface area contributed by atoms with Gasteiger partial charge >= 0.3 is 11.3 Å². The van der Waals surface area contributed by atoms with E-state index in [1.54, 1.807) is 36.4 Å². The molecule has 3 N–H and O–H groups in total. The minimum Gasteiger partial charge on any atom is -0.507 e. The van der Waals surface area contributed by atoms with E-state index in [0.29, 0.717) is 11.1 Å². The maximum atomic E-state index is 10.0. The van der Waals surface area contributed by atoms with Gasteiger partial charge in [0.25, 0.3) is 5.75 Å². The fraction of sp³-hybridized carbons (Fsp3) is 0. The third kappa shape index (κ3) is 1.74. The van der Waals surface area contributed by atoms with Crippen molar-refractivity contribution in [3.8, 4) is 28.6 Å². The van der Waals surface area contributed by atoms with Crippen LogP contribution in [0.3, 0.4) is 0 Å². The van der Waals surface area contributed by atoms with Gasteiger partial charge in [-0.2, -0.15) is 0 Å². The molecule has 0 aliphatic carbocycles. The molecule has 0 radical (unpaired) electrons. The standard InChI is InChI=1S/C15H10O4/c16-10-7-4-8-11-12(10)13(17)14(18)15(19-11)9-5-2-1-3-6-9/h1-8H,(H2-,16,17,18)/p+1. The van der Waals surface area contributed by atoms with Crippen molar-refractivity contribution in [1.29, 1.82) is 0 Å². The Bertz CT molecular complexity index is 751. The van der Waals surface area contributed by atoms with Crippen LogP contribution in [0.5, 0.6) is 17.2 Å². The summed E-state index contributed by atoms with van der Waals surface area (Å²) in [6.07, 6.45) is 0. The fourth-order valence-electron chi connectivity index (χ4n) is 2.01. The van der Waals surface area contributed by atoms with Gasteiger partial charge in [0, 0.05) is 6.07 Å². The van der Waals surface area contributed by atoms with Gasteiger partial charge in [0.1, 0.15) is 5.75 Å². The van der Waals surface area contributed by atoms with Crippen LogP contribution in [0.25, 0.3) is 22.3 Å². The molecule has 2 aromatic carbocycles. The van der Waals surface area contributed by atoms with Crippen molar-refractivity contribution >= 4 is 11.0 Å². The van der Waals surface area contributed by atoms with Crippen LogP contribution < -0.4 is 0 Å². The van der Waals surface area contributed by atoms with Crippen molar-refractivity contribution in [2.24, 2.45) is 0 Å². The molecule has 94 valence electrons. The highest BCUT2D eigenvalue weighted by molar-refractivity contribution is 5.93. The summed E-state index contributed by atoms with van der Waals surface area (Å²) in [5.41, 5.74) is 0.940.